The molecule has 14 nitrogen and oxygen atoms in total. The van der Waals surface area contributed by atoms with E-state index in [0.717, 1.165) is 33.4 Å². The fourth-order valence-corrected chi connectivity index (χ4v) is 14.0. The first-order valence-electron chi connectivity index (χ1n) is 23.1. The third kappa shape index (κ3) is 6.17. The molecular formula is C49H66N6O8. The van der Waals surface area contributed by atoms with Crippen LogP contribution in [0.5, 0.6) is 5.75 Å². The minimum atomic E-state index is -2.21. The molecule has 0 radical (unpaired) electrons. The van der Waals surface area contributed by atoms with Gasteiger partial charge in [0.2, 0.25) is 5.60 Å². The van der Waals surface area contributed by atoms with Crippen molar-refractivity contribution in [2.75, 3.05) is 79.0 Å². The van der Waals surface area contributed by atoms with Gasteiger partial charge in [-0.05, 0) is 94.3 Å². The first-order chi connectivity index (χ1) is 30.2. The van der Waals surface area contributed by atoms with Crippen molar-refractivity contribution in [3.63, 3.8) is 0 Å². The van der Waals surface area contributed by atoms with Crippen molar-refractivity contribution in [2.45, 2.75) is 106 Å². The summed E-state index contributed by atoms with van der Waals surface area (Å²) in [6, 6.07) is 11.1. The topological polar surface area (TPSA) is 169 Å². The average Bonchev–Trinajstić information content (AvgIpc) is 3.94. The maximum Gasteiger partial charge on any atom is 0.322 e. The smallest absolute Gasteiger partial charge is 0.322 e. The van der Waals surface area contributed by atoms with Gasteiger partial charge in [-0.25, -0.2) is 0 Å². The molecule has 5 unspecified atom stereocenters. The third-order valence-corrected chi connectivity index (χ3v) is 16.3. The maximum absolute atomic E-state index is 15.4. The van der Waals surface area contributed by atoms with Crippen LogP contribution in [0.15, 0.2) is 48.6 Å². The number of carbonyl (C=O) groups is 3. The second-order valence-corrected chi connectivity index (χ2v) is 19.4. The number of nitrogens with zero attached hydrogens (tertiary/aromatic N) is 3. The van der Waals surface area contributed by atoms with Gasteiger partial charge in [-0.3, -0.25) is 24.2 Å². The van der Waals surface area contributed by atoms with Crippen LogP contribution in [0.3, 0.4) is 0 Å². The minimum absolute atomic E-state index is 0.0965. The lowest BCUT2D eigenvalue weighted by Crippen LogP contribution is -2.82. The lowest BCUT2D eigenvalue weighted by atomic mass is 9.47. The lowest BCUT2D eigenvalue weighted by molar-refractivity contribution is -0.218. The molecule has 14 heteroatoms. The summed E-state index contributed by atoms with van der Waals surface area (Å²) in [5, 5.41) is 33.0. The van der Waals surface area contributed by atoms with Gasteiger partial charge in [-0.2, -0.15) is 0 Å². The van der Waals surface area contributed by atoms with E-state index >= 15 is 9.59 Å². The van der Waals surface area contributed by atoms with E-state index in [-0.39, 0.29) is 12.0 Å². The molecule has 1 amide bonds. The van der Waals surface area contributed by atoms with E-state index in [2.05, 4.69) is 49.7 Å². The van der Waals surface area contributed by atoms with Crippen LogP contribution in [0.2, 0.25) is 0 Å². The van der Waals surface area contributed by atoms with Gasteiger partial charge < -0.3 is 44.9 Å². The number of H-pyrrole nitrogens is 1. The van der Waals surface area contributed by atoms with E-state index in [1.165, 1.54) is 14.0 Å². The van der Waals surface area contributed by atoms with Crippen molar-refractivity contribution in [2.24, 2.45) is 11.3 Å². The highest BCUT2D eigenvalue weighted by Gasteiger charge is 2.80. The molecule has 5 aliphatic heterocycles. The molecular weight excluding hydrogens is 801 g/mol. The summed E-state index contributed by atoms with van der Waals surface area (Å²) in [6.07, 6.45) is 6.78. The summed E-state index contributed by atoms with van der Waals surface area (Å²) in [6.45, 7) is 9.73. The number of carbonyl (C=O) groups excluding carboxylic acids is 3. The van der Waals surface area contributed by atoms with E-state index in [1.54, 1.807) is 7.11 Å². The van der Waals surface area contributed by atoms with Crippen LogP contribution in [0, 0.1) is 11.3 Å². The highest BCUT2D eigenvalue weighted by atomic mass is 16.6. The number of nitrogens with one attached hydrogen (secondary N) is 3. The van der Waals surface area contributed by atoms with E-state index in [1.807, 2.05) is 57.1 Å². The molecule has 10 atom stereocenters. The zero-order valence-corrected chi connectivity index (χ0v) is 38.0. The number of methoxy groups -OCH3 is 2. The number of ether oxygens (including phenoxy) is 3. The van der Waals surface area contributed by atoms with Crippen LogP contribution in [-0.4, -0.2) is 146 Å². The zero-order valence-electron chi connectivity index (χ0n) is 38.0. The Balaban J connectivity index is 1.33. The van der Waals surface area contributed by atoms with Gasteiger partial charge in [0.25, 0.3) is 5.91 Å². The lowest BCUT2D eigenvalue weighted by Gasteiger charge is -2.63. The summed E-state index contributed by atoms with van der Waals surface area (Å²) in [7, 11) is 6.83. The number of hydrogen-bond donors (Lipinski definition) is 5. The van der Waals surface area contributed by atoms with Crippen molar-refractivity contribution < 1.29 is 38.8 Å². The highest BCUT2D eigenvalue weighted by molar-refractivity contribution is 5.95. The van der Waals surface area contributed by atoms with Crippen LogP contribution in [-0.2, 0) is 41.1 Å². The Hall–Kier alpha value is -4.47. The number of fused-ring (bicyclic) bond motifs is 6. The SMILES string of the molecule is CC[C@]1(O)CC2CN(CCc3c([nH]c4ccccc34)[C@](C(=O)OC)(c3cc4c(cc3OC)N(C)C3C45CCN4CC=C[C@](CC)(C45)[C@@H](OC(C)=O)[C@]3(O)C(=O)NCCCNC)C2)C1. The number of piperidine rings is 1. The molecule has 3 aromatic rings. The molecule has 6 aliphatic rings. The molecule has 9 rings (SSSR count). The van der Waals surface area contributed by atoms with Gasteiger partial charge in [-0.1, -0.05) is 44.2 Å². The Bertz CT molecular complexity index is 2330. The molecule has 5 N–H and O–H groups in total. The molecule has 6 heterocycles. The van der Waals surface area contributed by atoms with Crippen LogP contribution in [0.1, 0.15) is 81.7 Å². The first kappa shape index (κ1) is 43.8. The molecule has 1 aliphatic carbocycles. The average molecular weight is 867 g/mol. The van der Waals surface area contributed by atoms with E-state index in [0.29, 0.717) is 102 Å². The standard InChI is InChI=1S/C49H66N6O8/c1-8-45(59)26-31-27-48(44(58)62-7,39-33(16-22-54(28-31)29-45)32-14-10-11-15-36(32)52-39)35-24-34-37(25-38(35)61-6)53(5)41-47(34)18-23-55-21-12-17-46(9-2,40(47)55)42(63-30(3)56)49(41,60)43(57)51-20-13-19-50-4/h10-12,14-15,17,24-25,31,40-42,50,52,59-60H,8-9,13,16,18-23,26-29H2,1-7H3,(H,51,57)/t31?,40?,41?,42-,45+,46-,47?,48-,49+/m1/s1. The van der Waals surface area contributed by atoms with Crippen LogP contribution in [0.25, 0.3) is 10.9 Å². The highest BCUT2D eigenvalue weighted by Crippen LogP contribution is 2.68. The molecule has 63 heavy (non-hydrogen) atoms. The first-order valence-corrected chi connectivity index (χ1v) is 23.1. The predicted molar refractivity (Wildman–Crippen MR) is 240 cm³/mol. The maximum atomic E-state index is 15.4. The van der Waals surface area contributed by atoms with Crippen molar-refractivity contribution in [1.82, 2.24) is 25.4 Å². The molecule has 2 saturated heterocycles. The number of aromatic amines is 1. The minimum Gasteiger partial charge on any atom is -0.496 e. The van der Waals surface area contributed by atoms with Gasteiger partial charge >= 0.3 is 11.9 Å². The molecule has 2 bridgehead atoms. The predicted octanol–water partition coefficient (Wildman–Crippen LogP) is 3.54. The molecule has 2 aromatic carbocycles. The second kappa shape index (κ2) is 15.9. The van der Waals surface area contributed by atoms with Crippen LogP contribution < -0.4 is 20.3 Å². The summed E-state index contributed by atoms with van der Waals surface area (Å²) < 4.78 is 18.7. The molecule has 1 spiro atoms. The van der Waals surface area contributed by atoms with Gasteiger partial charge in [0, 0.05) is 97.5 Å². The number of benzene rings is 2. The van der Waals surface area contributed by atoms with Crippen LogP contribution >= 0.6 is 0 Å². The van der Waals surface area contributed by atoms with Gasteiger partial charge in [-0.15, -0.1) is 0 Å². The number of rotatable bonds is 11. The van der Waals surface area contributed by atoms with Crippen molar-refractivity contribution in [3.8, 4) is 5.75 Å². The second-order valence-electron chi connectivity index (χ2n) is 19.4. The Morgan fingerprint density at radius 2 is 1.79 bits per heavy atom. The normalized spacial score (nSPS) is 35.4. The van der Waals surface area contributed by atoms with Gasteiger partial charge in [0.1, 0.15) is 11.2 Å². The fraction of sp³-hybridized carbons (Fsp3) is 0.612. The number of para-hydroxylation sites is 1. The molecule has 340 valence electrons. The largest absolute Gasteiger partial charge is 0.496 e. The quantitative estimate of drug-likeness (QED) is 0.108. The Morgan fingerprint density at radius 3 is 2.51 bits per heavy atom. The summed E-state index contributed by atoms with van der Waals surface area (Å²) in [5.41, 5.74) is -1.38. The van der Waals surface area contributed by atoms with E-state index < -0.39 is 57.4 Å². The summed E-state index contributed by atoms with van der Waals surface area (Å²) >= 11 is 0. The van der Waals surface area contributed by atoms with Crippen LogP contribution in [0.4, 0.5) is 5.69 Å². The van der Waals surface area contributed by atoms with Crippen molar-refractivity contribution in [1.29, 1.82) is 0 Å². The Kier molecular flexibility index (Phi) is 11.0. The van der Waals surface area contributed by atoms with Crippen molar-refractivity contribution in [3.05, 3.63) is 70.9 Å². The van der Waals surface area contributed by atoms with E-state index in [4.69, 9.17) is 14.2 Å². The number of anilines is 1. The van der Waals surface area contributed by atoms with E-state index in [9.17, 15) is 15.0 Å². The van der Waals surface area contributed by atoms with Crippen molar-refractivity contribution >= 4 is 34.4 Å². The number of aliphatic hydroxyl groups is 2. The Morgan fingerprint density at radius 1 is 1.00 bits per heavy atom. The fourth-order valence-electron chi connectivity index (χ4n) is 14.0. The number of amides is 1. The monoisotopic (exact) mass is 866 g/mol. The molecule has 1 aromatic heterocycles. The number of aromatic nitrogens is 1. The number of hydrogen-bond acceptors (Lipinski definition) is 12. The molecule has 1 saturated carbocycles. The number of likely N-dealkylation sites (N-methyl/N-ethyl adjacent to an activating group) is 1. The summed E-state index contributed by atoms with van der Waals surface area (Å²) in [4.78, 5) is 54.3. The molecule has 3 fully saturated rings. The Labute approximate surface area is 370 Å². The number of esters is 2. The van der Waals surface area contributed by atoms with Gasteiger partial charge in [0.05, 0.1) is 25.9 Å². The van der Waals surface area contributed by atoms with Gasteiger partial charge in [0.15, 0.2) is 6.10 Å². The summed E-state index contributed by atoms with van der Waals surface area (Å²) in [5.74, 6) is -1.21. The third-order valence-electron chi connectivity index (χ3n) is 16.3. The zero-order chi connectivity index (χ0) is 44.7.